The first-order chi connectivity index (χ1) is 8.65. The number of rotatable bonds is 4. The molecule has 1 heterocycles. The van der Waals surface area contributed by atoms with E-state index in [1.165, 1.54) is 0 Å². The molecule has 0 aliphatic rings. The van der Waals surface area contributed by atoms with Crippen LogP contribution in [0.1, 0.15) is 6.92 Å². The summed E-state index contributed by atoms with van der Waals surface area (Å²) in [6.07, 6.45) is 0. The number of hydrogen-bond donors (Lipinski definition) is 2. The lowest BCUT2D eigenvalue weighted by atomic mass is 10.1. The molecule has 0 saturated carbocycles. The van der Waals surface area contributed by atoms with Crippen LogP contribution in [0.15, 0.2) is 22.7 Å². The molecule has 0 fully saturated rings. The predicted molar refractivity (Wildman–Crippen MR) is 73.9 cm³/mol. The number of nitrogens with one attached hydrogen (secondary N) is 1. The number of anilines is 1. The van der Waals surface area contributed by atoms with Gasteiger partial charge >= 0.3 is 0 Å². The van der Waals surface area contributed by atoms with Gasteiger partial charge in [-0.3, -0.25) is 5.10 Å². The Bertz CT molecular complexity index is 554. The van der Waals surface area contributed by atoms with E-state index in [4.69, 9.17) is 15.2 Å². The number of methoxy groups -OCH3 is 1. The normalized spacial score (nSPS) is 10.4. The molecule has 0 aliphatic heterocycles. The molecule has 2 aromatic rings. The Labute approximate surface area is 113 Å². The number of ether oxygens (including phenoxy) is 2. The Morgan fingerprint density at radius 1 is 1.33 bits per heavy atom. The third-order valence-electron chi connectivity index (χ3n) is 2.44. The van der Waals surface area contributed by atoms with Crippen LogP contribution < -0.4 is 15.2 Å². The molecule has 0 saturated heterocycles. The highest BCUT2D eigenvalue weighted by atomic mass is 79.9. The standard InChI is InChI=1S/C12H14BrN3O2/c1-3-18-10-6-11(17-2)8(13)4-7(10)9-5-12(14)16-15-9/h4-6H,3H2,1-2H3,(H3,14,15,16). The summed E-state index contributed by atoms with van der Waals surface area (Å²) in [4.78, 5) is 0. The van der Waals surface area contributed by atoms with Crippen LogP contribution in [0.2, 0.25) is 0 Å². The van der Waals surface area contributed by atoms with Crippen molar-refractivity contribution in [3.8, 4) is 22.8 Å². The maximum Gasteiger partial charge on any atom is 0.145 e. The number of benzene rings is 1. The predicted octanol–water partition coefficient (Wildman–Crippen LogP) is 2.83. The van der Waals surface area contributed by atoms with E-state index in [1.807, 2.05) is 19.1 Å². The SMILES string of the molecule is CCOc1cc(OC)c(Br)cc1-c1cc(N)n[nH]1. The van der Waals surface area contributed by atoms with Crippen molar-refractivity contribution in [3.63, 3.8) is 0 Å². The minimum atomic E-state index is 0.444. The third kappa shape index (κ3) is 2.43. The van der Waals surface area contributed by atoms with Crippen LogP contribution in [0.5, 0.6) is 11.5 Å². The van der Waals surface area contributed by atoms with Crippen LogP contribution in [0.3, 0.4) is 0 Å². The highest BCUT2D eigenvalue weighted by Crippen LogP contribution is 2.38. The zero-order chi connectivity index (χ0) is 13.1. The van der Waals surface area contributed by atoms with Crippen molar-refractivity contribution in [2.45, 2.75) is 6.92 Å². The number of nitrogens with two attached hydrogens (primary N) is 1. The molecular weight excluding hydrogens is 298 g/mol. The van der Waals surface area contributed by atoms with Crippen LogP contribution in [-0.2, 0) is 0 Å². The largest absolute Gasteiger partial charge is 0.495 e. The first-order valence-corrected chi connectivity index (χ1v) is 6.26. The van der Waals surface area contributed by atoms with E-state index in [-0.39, 0.29) is 0 Å². The third-order valence-corrected chi connectivity index (χ3v) is 3.06. The lowest BCUT2D eigenvalue weighted by Gasteiger charge is -2.12. The van der Waals surface area contributed by atoms with Crippen molar-refractivity contribution >= 4 is 21.7 Å². The number of nitrogens with zero attached hydrogens (tertiary/aromatic N) is 1. The summed E-state index contributed by atoms with van der Waals surface area (Å²) in [6, 6.07) is 5.51. The fourth-order valence-corrected chi connectivity index (χ4v) is 2.16. The maximum absolute atomic E-state index is 5.61. The zero-order valence-electron chi connectivity index (χ0n) is 10.2. The lowest BCUT2D eigenvalue weighted by Crippen LogP contribution is -1.96. The summed E-state index contributed by atoms with van der Waals surface area (Å²) < 4.78 is 11.7. The molecule has 2 rings (SSSR count). The first-order valence-electron chi connectivity index (χ1n) is 5.47. The molecule has 1 aromatic carbocycles. The molecule has 0 amide bonds. The molecule has 18 heavy (non-hydrogen) atoms. The van der Waals surface area contributed by atoms with Gasteiger partial charge in [0.05, 0.1) is 23.9 Å². The van der Waals surface area contributed by atoms with Gasteiger partial charge in [0.15, 0.2) is 0 Å². The number of nitrogen functional groups attached to an aromatic ring is 1. The maximum atomic E-state index is 5.61. The Hall–Kier alpha value is -1.69. The Kier molecular flexibility index (Phi) is 3.76. The van der Waals surface area contributed by atoms with Gasteiger partial charge in [-0.05, 0) is 28.9 Å². The molecule has 0 unspecified atom stereocenters. The van der Waals surface area contributed by atoms with Crippen LogP contribution in [-0.4, -0.2) is 23.9 Å². The van der Waals surface area contributed by atoms with Gasteiger partial charge in [-0.15, -0.1) is 0 Å². The van der Waals surface area contributed by atoms with Crippen molar-refractivity contribution in [2.75, 3.05) is 19.5 Å². The summed E-state index contributed by atoms with van der Waals surface area (Å²) in [5, 5.41) is 6.79. The summed E-state index contributed by atoms with van der Waals surface area (Å²) >= 11 is 3.45. The molecule has 0 aliphatic carbocycles. The molecule has 3 N–H and O–H groups in total. The monoisotopic (exact) mass is 311 g/mol. The van der Waals surface area contributed by atoms with Gasteiger partial charge in [0.25, 0.3) is 0 Å². The molecule has 0 spiro atoms. The fourth-order valence-electron chi connectivity index (χ4n) is 1.65. The van der Waals surface area contributed by atoms with Crippen LogP contribution >= 0.6 is 15.9 Å². The molecule has 0 bridgehead atoms. The quantitative estimate of drug-likeness (QED) is 0.910. The fraction of sp³-hybridized carbons (Fsp3) is 0.250. The van der Waals surface area contributed by atoms with E-state index < -0.39 is 0 Å². The van der Waals surface area contributed by atoms with E-state index in [2.05, 4.69) is 26.1 Å². The molecule has 0 atom stereocenters. The van der Waals surface area contributed by atoms with Crippen LogP contribution in [0, 0.1) is 0 Å². The van der Waals surface area contributed by atoms with E-state index in [0.29, 0.717) is 12.4 Å². The molecule has 6 heteroatoms. The molecule has 96 valence electrons. The highest BCUT2D eigenvalue weighted by Gasteiger charge is 2.13. The zero-order valence-corrected chi connectivity index (χ0v) is 11.7. The van der Waals surface area contributed by atoms with Gasteiger partial charge in [0, 0.05) is 17.7 Å². The number of H-pyrrole nitrogens is 1. The Morgan fingerprint density at radius 3 is 2.67 bits per heavy atom. The summed E-state index contributed by atoms with van der Waals surface area (Å²) in [6.45, 7) is 2.50. The second kappa shape index (κ2) is 5.30. The Morgan fingerprint density at radius 2 is 2.11 bits per heavy atom. The summed E-state index contributed by atoms with van der Waals surface area (Å²) in [5.74, 6) is 1.88. The molecule has 0 radical (unpaired) electrons. The summed E-state index contributed by atoms with van der Waals surface area (Å²) in [7, 11) is 1.61. The smallest absolute Gasteiger partial charge is 0.145 e. The van der Waals surface area contributed by atoms with Gasteiger partial charge in [-0.1, -0.05) is 0 Å². The number of halogens is 1. The van der Waals surface area contributed by atoms with Crippen LogP contribution in [0.4, 0.5) is 5.82 Å². The van der Waals surface area contributed by atoms with Crippen molar-refractivity contribution < 1.29 is 9.47 Å². The van der Waals surface area contributed by atoms with Gasteiger partial charge < -0.3 is 15.2 Å². The molecular formula is C12H14BrN3O2. The minimum Gasteiger partial charge on any atom is -0.495 e. The van der Waals surface area contributed by atoms with E-state index >= 15 is 0 Å². The number of hydrogen-bond acceptors (Lipinski definition) is 4. The Balaban J connectivity index is 2.54. The van der Waals surface area contributed by atoms with Crippen molar-refractivity contribution in [1.29, 1.82) is 0 Å². The average Bonchev–Trinajstić information content (AvgIpc) is 2.78. The highest BCUT2D eigenvalue weighted by molar-refractivity contribution is 9.10. The number of aromatic nitrogens is 2. The van der Waals surface area contributed by atoms with Gasteiger partial charge in [-0.25, -0.2) is 0 Å². The van der Waals surface area contributed by atoms with E-state index in [0.717, 1.165) is 27.2 Å². The van der Waals surface area contributed by atoms with Crippen molar-refractivity contribution in [2.24, 2.45) is 0 Å². The lowest BCUT2D eigenvalue weighted by molar-refractivity contribution is 0.337. The van der Waals surface area contributed by atoms with E-state index in [1.54, 1.807) is 13.2 Å². The first kappa shape index (κ1) is 12.8. The topological polar surface area (TPSA) is 73.2 Å². The van der Waals surface area contributed by atoms with Gasteiger partial charge in [-0.2, -0.15) is 5.10 Å². The van der Waals surface area contributed by atoms with E-state index in [9.17, 15) is 0 Å². The number of aromatic amines is 1. The van der Waals surface area contributed by atoms with Crippen LogP contribution in [0.25, 0.3) is 11.3 Å². The second-order valence-corrected chi connectivity index (χ2v) is 4.48. The van der Waals surface area contributed by atoms with Crippen molar-refractivity contribution in [3.05, 3.63) is 22.7 Å². The minimum absolute atomic E-state index is 0.444. The van der Waals surface area contributed by atoms with Gasteiger partial charge in [0.1, 0.15) is 17.3 Å². The molecule has 5 nitrogen and oxygen atoms in total. The average molecular weight is 312 g/mol. The summed E-state index contributed by atoms with van der Waals surface area (Å²) in [5.41, 5.74) is 7.30. The second-order valence-electron chi connectivity index (χ2n) is 3.62. The van der Waals surface area contributed by atoms with Gasteiger partial charge in [0.2, 0.25) is 0 Å². The molecule has 1 aromatic heterocycles. The van der Waals surface area contributed by atoms with Crippen molar-refractivity contribution in [1.82, 2.24) is 10.2 Å².